The Labute approximate surface area is 169 Å². The molecule has 0 spiro atoms. The fraction of sp³-hybridized carbons (Fsp3) is 0. The van der Waals surface area contributed by atoms with Gasteiger partial charge in [0.05, 0.1) is 0 Å². The fourth-order valence-electron chi connectivity index (χ4n) is 2.51. The molecule has 0 N–H and O–H groups in total. The molecule has 0 aliphatic carbocycles. The number of hydrogen-bond donors (Lipinski definition) is 0. The van der Waals surface area contributed by atoms with Gasteiger partial charge in [-0.2, -0.15) is 0 Å². The van der Waals surface area contributed by atoms with E-state index in [0.29, 0.717) is 0 Å². The zero-order valence-electron chi connectivity index (χ0n) is 14.6. The Kier molecular flexibility index (Phi) is 5.70. The Bertz CT molecular complexity index is 883. The van der Waals surface area contributed by atoms with Crippen LogP contribution in [0.4, 0.5) is 0 Å². The van der Waals surface area contributed by atoms with E-state index < -0.39 is 0 Å². The second kappa shape index (κ2) is 8.73. The third-order valence-corrected chi connectivity index (χ3v) is 6.49. The van der Waals surface area contributed by atoms with Gasteiger partial charge in [-0.3, -0.25) is 0 Å². The van der Waals surface area contributed by atoms with E-state index in [9.17, 15) is 0 Å². The Morgan fingerprint density at radius 2 is 0.704 bits per heavy atom. The van der Waals surface area contributed by atoms with Crippen LogP contribution in [0.2, 0.25) is 0 Å². The molecule has 27 heavy (non-hydrogen) atoms. The molecular formula is C24H18IO2-. The van der Waals surface area contributed by atoms with Crippen molar-refractivity contribution in [2.24, 2.45) is 0 Å². The molecule has 3 heteroatoms. The maximum absolute atomic E-state index is 5.85. The van der Waals surface area contributed by atoms with Crippen molar-refractivity contribution in [3.8, 4) is 23.0 Å². The summed E-state index contributed by atoms with van der Waals surface area (Å²) in [5, 5.41) is 0. The van der Waals surface area contributed by atoms with E-state index in [4.69, 9.17) is 9.47 Å². The van der Waals surface area contributed by atoms with E-state index >= 15 is 0 Å². The van der Waals surface area contributed by atoms with E-state index in [1.54, 1.807) is 0 Å². The molecule has 4 rings (SSSR count). The molecule has 4 aromatic rings. The molecule has 0 amide bonds. The molecule has 0 unspecified atom stereocenters. The summed E-state index contributed by atoms with van der Waals surface area (Å²) < 4.78 is 14.4. The van der Waals surface area contributed by atoms with E-state index in [1.165, 1.54) is 7.14 Å². The normalized spacial score (nSPS) is 10.5. The number of halogens is 1. The molecule has 0 aliphatic heterocycles. The van der Waals surface area contributed by atoms with Crippen molar-refractivity contribution < 1.29 is 30.7 Å². The third-order valence-electron chi connectivity index (χ3n) is 3.80. The summed E-state index contributed by atoms with van der Waals surface area (Å²) >= 11 is -0.229. The van der Waals surface area contributed by atoms with E-state index in [2.05, 4.69) is 24.3 Å². The minimum atomic E-state index is -0.229. The minimum absolute atomic E-state index is 0.229. The first-order chi connectivity index (χ1) is 13.3. The van der Waals surface area contributed by atoms with Gasteiger partial charge < -0.3 is 0 Å². The summed E-state index contributed by atoms with van der Waals surface area (Å²) in [6, 6.07) is 36.4. The van der Waals surface area contributed by atoms with Crippen LogP contribution >= 0.6 is 0 Å². The Morgan fingerprint density at radius 3 is 1.07 bits per heavy atom. The van der Waals surface area contributed by atoms with E-state index in [-0.39, 0.29) is 21.2 Å². The van der Waals surface area contributed by atoms with Gasteiger partial charge in [-0.25, -0.2) is 0 Å². The molecule has 0 atom stereocenters. The monoisotopic (exact) mass is 465 g/mol. The van der Waals surface area contributed by atoms with Crippen LogP contribution in [0.1, 0.15) is 0 Å². The summed E-state index contributed by atoms with van der Waals surface area (Å²) in [5.74, 6) is 3.43. The van der Waals surface area contributed by atoms with Gasteiger partial charge in [-0.1, -0.05) is 0 Å². The predicted octanol–water partition coefficient (Wildman–Crippen LogP) is 3.40. The number of hydrogen-bond acceptors (Lipinski definition) is 2. The summed E-state index contributed by atoms with van der Waals surface area (Å²) in [6.07, 6.45) is 0. The molecule has 0 fully saturated rings. The molecule has 134 valence electrons. The van der Waals surface area contributed by atoms with Crippen LogP contribution < -0.4 is 30.7 Å². The standard InChI is InChI=1S/C24H18IO2/c1-3-7-21(8-4-1)26-23-15-11-19(12-16-23)25-20-13-17-24(18-14-20)27-22-9-5-2-6-10-22/h1-18H/q-1. The van der Waals surface area contributed by atoms with Crippen LogP contribution in [-0.4, -0.2) is 0 Å². The average molecular weight is 465 g/mol. The van der Waals surface area contributed by atoms with Crippen LogP contribution in [0.3, 0.4) is 0 Å². The van der Waals surface area contributed by atoms with Gasteiger partial charge in [0.2, 0.25) is 0 Å². The van der Waals surface area contributed by atoms with Gasteiger partial charge in [0.15, 0.2) is 0 Å². The van der Waals surface area contributed by atoms with Gasteiger partial charge in [0.25, 0.3) is 0 Å². The summed E-state index contributed by atoms with van der Waals surface area (Å²) in [4.78, 5) is 0. The van der Waals surface area contributed by atoms with Crippen molar-refractivity contribution in [2.75, 3.05) is 0 Å². The molecule has 2 nitrogen and oxygen atoms in total. The maximum atomic E-state index is 5.85. The van der Waals surface area contributed by atoms with Gasteiger partial charge in [-0.15, -0.1) is 0 Å². The van der Waals surface area contributed by atoms with Gasteiger partial charge in [0.1, 0.15) is 0 Å². The second-order valence-electron chi connectivity index (χ2n) is 5.83. The van der Waals surface area contributed by atoms with E-state index in [1.807, 2.05) is 84.9 Å². The number of benzene rings is 4. The average Bonchev–Trinajstić information content (AvgIpc) is 2.73. The first-order valence-electron chi connectivity index (χ1n) is 8.66. The van der Waals surface area contributed by atoms with Crippen molar-refractivity contribution in [3.63, 3.8) is 0 Å². The van der Waals surface area contributed by atoms with Crippen LogP contribution in [0.25, 0.3) is 0 Å². The molecule has 0 radical (unpaired) electrons. The molecule has 0 aromatic heterocycles. The molecule has 0 saturated carbocycles. The van der Waals surface area contributed by atoms with Gasteiger partial charge >= 0.3 is 170 Å². The summed E-state index contributed by atoms with van der Waals surface area (Å²) in [6.45, 7) is 0. The number of ether oxygens (including phenoxy) is 2. The Hall–Kier alpha value is -2.79. The topological polar surface area (TPSA) is 18.5 Å². The Balaban J connectivity index is 1.37. The third kappa shape index (κ3) is 5.11. The SMILES string of the molecule is c1ccc(Oc2ccc([I-]c3ccc(Oc4ccccc4)cc3)cc2)cc1. The second-order valence-corrected chi connectivity index (χ2v) is 8.86. The first kappa shape index (κ1) is 17.6. The number of rotatable bonds is 6. The van der Waals surface area contributed by atoms with Crippen molar-refractivity contribution in [1.82, 2.24) is 0 Å². The van der Waals surface area contributed by atoms with Gasteiger partial charge in [0, 0.05) is 0 Å². The molecule has 0 aliphatic rings. The van der Waals surface area contributed by atoms with Crippen molar-refractivity contribution >= 4 is 0 Å². The van der Waals surface area contributed by atoms with Crippen LogP contribution in [-0.2, 0) is 0 Å². The Morgan fingerprint density at radius 1 is 0.370 bits per heavy atom. The summed E-state index contributed by atoms with van der Waals surface area (Å²) in [7, 11) is 0. The molecular weight excluding hydrogens is 447 g/mol. The van der Waals surface area contributed by atoms with Crippen LogP contribution in [0, 0.1) is 7.14 Å². The fourth-order valence-corrected chi connectivity index (χ4v) is 4.66. The zero-order chi connectivity index (χ0) is 18.3. The molecule has 0 heterocycles. The van der Waals surface area contributed by atoms with Crippen molar-refractivity contribution in [2.45, 2.75) is 0 Å². The first-order valence-corrected chi connectivity index (χ1v) is 10.8. The summed E-state index contributed by atoms with van der Waals surface area (Å²) in [5.41, 5.74) is 0. The quantitative estimate of drug-likeness (QED) is 0.407. The van der Waals surface area contributed by atoms with E-state index in [0.717, 1.165) is 23.0 Å². The van der Waals surface area contributed by atoms with Crippen LogP contribution in [0.15, 0.2) is 109 Å². The zero-order valence-corrected chi connectivity index (χ0v) is 16.7. The molecule has 0 bridgehead atoms. The molecule has 4 aromatic carbocycles. The van der Waals surface area contributed by atoms with Crippen molar-refractivity contribution in [3.05, 3.63) is 116 Å². The molecule has 0 saturated heterocycles. The predicted molar refractivity (Wildman–Crippen MR) is 103 cm³/mol. The van der Waals surface area contributed by atoms with Gasteiger partial charge in [-0.05, 0) is 0 Å². The number of para-hydroxylation sites is 2. The van der Waals surface area contributed by atoms with Crippen molar-refractivity contribution in [1.29, 1.82) is 0 Å². The van der Waals surface area contributed by atoms with Crippen LogP contribution in [0.5, 0.6) is 23.0 Å².